The molecule has 2 atom stereocenters. The zero-order chi connectivity index (χ0) is 59.2. The fourth-order valence-electron chi connectivity index (χ4n) is 11.9. The number of carbonyl (C=O) groups is 4. The van der Waals surface area contributed by atoms with Crippen molar-refractivity contribution in [1.82, 2.24) is 23.8 Å². The van der Waals surface area contributed by atoms with Gasteiger partial charge in [-0.15, -0.1) is 0 Å². The molecule has 1 unspecified atom stereocenters. The van der Waals surface area contributed by atoms with E-state index in [1.165, 1.54) is 32.9 Å². The second kappa shape index (κ2) is 29.4. The molecule has 9 rings (SSSR count). The lowest BCUT2D eigenvalue weighted by atomic mass is 9.81. The Balaban J connectivity index is 0.000000217. The van der Waals surface area contributed by atoms with Gasteiger partial charge >= 0.3 is 17.6 Å². The van der Waals surface area contributed by atoms with Gasteiger partial charge in [0.25, 0.3) is 5.56 Å². The number of carboxylic acid groups (broad SMARTS) is 2. The van der Waals surface area contributed by atoms with E-state index in [4.69, 9.17) is 35.3 Å². The summed E-state index contributed by atoms with van der Waals surface area (Å²) in [5.41, 5.74) is 5.01. The Kier molecular flexibility index (Phi) is 21.9. The highest BCUT2D eigenvalue weighted by molar-refractivity contribution is 6.30. The Morgan fingerprint density at radius 3 is 1.66 bits per heavy atom. The second-order valence-electron chi connectivity index (χ2n) is 22.5. The third-order valence-corrected chi connectivity index (χ3v) is 17.3. The SMILES string of the molecule is COc1cc(CN(CC2CCC(C(=O)O)CC2)C(C)c2ccc3c(c2)CCO3)ccc1OCCN1C(=O)CCCC1=O.COc1cc(CN(CC2CCC(C(=O)O)CC2)[C@@H](C)c2ccc(Cl)cc2)ccc1OCCn1c(=O)ccn(C)c1=O. The van der Waals surface area contributed by atoms with Crippen LogP contribution in [0.3, 0.4) is 0 Å². The van der Waals surface area contributed by atoms with E-state index in [1.807, 2.05) is 60.7 Å². The number of piperidine rings is 1. The number of benzene rings is 4. The van der Waals surface area contributed by atoms with E-state index < -0.39 is 17.6 Å². The van der Waals surface area contributed by atoms with Crippen molar-refractivity contribution < 1.29 is 53.1 Å². The molecule has 5 aromatic rings. The lowest BCUT2D eigenvalue weighted by Crippen LogP contribution is -2.42. The third-order valence-electron chi connectivity index (χ3n) is 17.0. The first-order valence-corrected chi connectivity index (χ1v) is 29.5. The Hall–Kier alpha value is -7.15. The minimum atomic E-state index is -0.692. The molecule has 3 heterocycles. The van der Waals surface area contributed by atoms with Crippen molar-refractivity contribution in [3.63, 3.8) is 0 Å². The monoisotopic (exact) mass is 1160 g/mol. The topological polar surface area (TPSA) is 209 Å². The summed E-state index contributed by atoms with van der Waals surface area (Å²) < 4.78 is 31.4. The van der Waals surface area contributed by atoms with Crippen molar-refractivity contribution in [3.8, 4) is 28.7 Å². The van der Waals surface area contributed by atoms with Crippen molar-refractivity contribution in [3.05, 3.63) is 145 Å². The maximum Gasteiger partial charge on any atom is 0.330 e. The van der Waals surface area contributed by atoms with Gasteiger partial charge in [-0.25, -0.2) is 4.79 Å². The molecule has 2 N–H and O–H groups in total. The molecule has 83 heavy (non-hydrogen) atoms. The number of aromatic nitrogens is 2. The van der Waals surface area contributed by atoms with Gasteiger partial charge in [0.2, 0.25) is 11.8 Å². The van der Waals surface area contributed by atoms with Crippen LogP contribution in [0.2, 0.25) is 5.02 Å². The fourth-order valence-corrected chi connectivity index (χ4v) is 12.0. The molecule has 2 aliphatic carbocycles. The molecular weight excluding hydrogens is 1080 g/mol. The van der Waals surface area contributed by atoms with Crippen LogP contribution in [0.1, 0.15) is 124 Å². The first-order chi connectivity index (χ1) is 40.0. The second-order valence-corrected chi connectivity index (χ2v) is 22.9. The van der Waals surface area contributed by atoms with Gasteiger partial charge in [0.1, 0.15) is 19.0 Å². The highest BCUT2D eigenvalue weighted by Crippen LogP contribution is 2.38. The smallest absolute Gasteiger partial charge is 0.330 e. The minimum Gasteiger partial charge on any atom is -0.493 e. The van der Waals surface area contributed by atoms with E-state index in [0.29, 0.717) is 85.1 Å². The molecule has 0 spiro atoms. The van der Waals surface area contributed by atoms with Crippen molar-refractivity contribution >= 4 is 35.4 Å². The van der Waals surface area contributed by atoms with Gasteiger partial charge in [-0.3, -0.25) is 43.2 Å². The number of methoxy groups -OCH3 is 2. The summed E-state index contributed by atoms with van der Waals surface area (Å²) in [6, 6.07) is 27.7. The Morgan fingerprint density at radius 2 is 1.14 bits per heavy atom. The number of hydrogen-bond donors (Lipinski definition) is 2. The lowest BCUT2D eigenvalue weighted by Gasteiger charge is -2.35. The van der Waals surface area contributed by atoms with Gasteiger partial charge in [0.15, 0.2) is 23.0 Å². The van der Waals surface area contributed by atoms with Crippen molar-refractivity contribution in [2.75, 3.05) is 53.7 Å². The van der Waals surface area contributed by atoms with Gasteiger partial charge < -0.3 is 38.5 Å². The molecular formula is C64H80ClN5O13. The summed E-state index contributed by atoms with van der Waals surface area (Å²) in [7, 11) is 4.79. The Morgan fingerprint density at radius 1 is 0.639 bits per heavy atom. The maximum atomic E-state index is 12.3. The predicted molar refractivity (Wildman–Crippen MR) is 314 cm³/mol. The molecule has 3 fully saturated rings. The van der Waals surface area contributed by atoms with Crippen molar-refractivity contribution in [1.29, 1.82) is 0 Å². The number of aryl methyl sites for hydroxylation is 1. The highest BCUT2D eigenvalue weighted by Gasteiger charge is 2.32. The molecule has 446 valence electrons. The molecule has 4 aromatic carbocycles. The normalized spacial score (nSPS) is 19.5. The van der Waals surface area contributed by atoms with Crippen LogP contribution in [0.4, 0.5) is 0 Å². The van der Waals surface area contributed by atoms with E-state index >= 15 is 0 Å². The number of halogens is 1. The van der Waals surface area contributed by atoms with Gasteiger partial charge in [-0.05, 0) is 154 Å². The van der Waals surface area contributed by atoms with E-state index in [2.05, 4.69) is 41.8 Å². The number of likely N-dealkylation sites (tertiary alicyclic amines) is 1. The molecule has 0 radical (unpaired) electrons. The third kappa shape index (κ3) is 16.6. The number of ether oxygens (including phenoxy) is 5. The van der Waals surface area contributed by atoms with Gasteiger partial charge in [-0.1, -0.05) is 48.0 Å². The average molecular weight is 1160 g/mol. The zero-order valence-electron chi connectivity index (χ0n) is 48.5. The van der Waals surface area contributed by atoms with Crippen LogP contribution in [0, 0.1) is 23.7 Å². The number of imide groups is 1. The number of amides is 2. The van der Waals surface area contributed by atoms with E-state index in [-0.39, 0.29) is 67.6 Å². The van der Waals surface area contributed by atoms with Gasteiger partial charge in [-0.2, -0.15) is 0 Å². The summed E-state index contributed by atoms with van der Waals surface area (Å²) in [4.78, 5) is 77.7. The first-order valence-electron chi connectivity index (χ1n) is 29.1. The largest absolute Gasteiger partial charge is 0.493 e. The standard InChI is InChI=1S/C33H42N2O7.C31H38ClN3O6/c1-22(26-11-13-28-27(19-26)14-16-41-28)34(20-23-6-9-25(10-7-23)33(38)39)21-24-8-12-29(30(18-24)40-2)42-17-15-35-31(36)4-3-5-32(35)37;1-21(24-9-11-26(32)12-10-24)34(19-22-4-7-25(8-5-22)30(37)38)20-23-6-13-27(28(18-23)40-3)41-17-16-35-29(36)14-15-33(2)31(35)39/h8,11-13,18-19,22-23,25H,3-7,9-10,14-17,20-21H2,1-2H3,(H,38,39);6,9-15,18,21-22,25H,4-5,7-8,16-17,19-20H2,1-3H3,(H,37,38)/t;21-,22?,25?/m.0/s1. The molecule has 18 nitrogen and oxygen atoms in total. The summed E-state index contributed by atoms with van der Waals surface area (Å²) >= 11 is 6.14. The van der Waals surface area contributed by atoms with Crippen LogP contribution in [0.15, 0.2) is 101 Å². The summed E-state index contributed by atoms with van der Waals surface area (Å²) in [6.45, 7) is 8.90. The summed E-state index contributed by atoms with van der Waals surface area (Å²) in [5.74, 6) is 1.97. The zero-order valence-corrected chi connectivity index (χ0v) is 49.2. The quantitative estimate of drug-likeness (QED) is 0.0551. The number of hydrogen-bond acceptors (Lipinski definition) is 13. The number of fused-ring (bicyclic) bond motifs is 1. The number of carbonyl (C=O) groups excluding carboxylic acids is 2. The van der Waals surface area contributed by atoms with E-state index in [9.17, 15) is 39.0 Å². The highest BCUT2D eigenvalue weighted by atomic mass is 35.5. The molecule has 2 saturated carbocycles. The minimum absolute atomic E-state index is 0.109. The number of carboxylic acids is 2. The van der Waals surface area contributed by atoms with E-state index in [1.54, 1.807) is 21.3 Å². The molecule has 1 saturated heterocycles. The predicted octanol–water partition coefficient (Wildman–Crippen LogP) is 9.74. The number of aliphatic carboxylic acids is 2. The van der Waals surface area contributed by atoms with Crippen LogP contribution in [0.25, 0.3) is 0 Å². The summed E-state index contributed by atoms with van der Waals surface area (Å²) in [5, 5.41) is 19.6. The molecule has 2 amide bonds. The van der Waals surface area contributed by atoms with Gasteiger partial charge in [0.05, 0.1) is 45.8 Å². The average Bonchev–Trinajstić information content (AvgIpc) is 4.16. The first kappa shape index (κ1) is 61.9. The van der Waals surface area contributed by atoms with E-state index in [0.717, 1.165) is 91.6 Å². The Bertz CT molecular complexity index is 3130. The van der Waals surface area contributed by atoms with Crippen LogP contribution in [-0.2, 0) is 52.3 Å². The van der Waals surface area contributed by atoms with Crippen LogP contribution in [-0.4, -0.2) is 111 Å². The van der Waals surface area contributed by atoms with Crippen molar-refractivity contribution in [2.45, 2.75) is 123 Å². The molecule has 0 bridgehead atoms. The van der Waals surface area contributed by atoms with Crippen molar-refractivity contribution in [2.24, 2.45) is 30.7 Å². The van der Waals surface area contributed by atoms with Crippen LogP contribution >= 0.6 is 11.6 Å². The van der Waals surface area contributed by atoms with Crippen LogP contribution in [0.5, 0.6) is 28.7 Å². The Labute approximate surface area is 490 Å². The lowest BCUT2D eigenvalue weighted by molar-refractivity contribution is -0.148. The van der Waals surface area contributed by atoms with Crippen LogP contribution < -0.4 is 34.9 Å². The van der Waals surface area contributed by atoms with Gasteiger partial charge in [0, 0.05) is 81.9 Å². The molecule has 2 aliphatic heterocycles. The maximum absolute atomic E-state index is 12.3. The molecule has 1 aromatic heterocycles. The summed E-state index contributed by atoms with van der Waals surface area (Å²) in [6.07, 6.45) is 10.3. The number of rotatable bonds is 24. The molecule has 19 heteroatoms. The number of nitrogens with zero attached hydrogens (tertiary/aromatic N) is 5. The molecule has 4 aliphatic rings. The fraction of sp³-hybridized carbons (Fsp3) is 0.500.